The number of aromatic nitrogens is 3. The number of aryl methyl sites for hydroxylation is 2. The summed E-state index contributed by atoms with van der Waals surface area (Å²) in [6.07, 6.45) is 9.21. The quantitative estimate of drug-likeness (QED) is 0.865. The summed E-state index contributed by atoms with van der Waals surface area (Å²) >= 11 is 0. The lowest BCUT2D eigenvalue weighted by Gasteiger charge is -2.34. The Hall–Kier alpha value is -1.68. The maximum Gasteiger partial charge on any atom is 0.112 e. The second kappa shape index (κ2) is 6.08. The zero-order chi connectivity index (χ0) is 15.8. The van der Waals surface area contributed by atoms with Gasteiger partial charge in [-0.3, -0.25) is 9.88 Å². The van der Waals surface area contributed by atoms with Crippen LogP contribution in [0.5, 0.6) is 0 Å². The fourth-order valence-corrected chi connectivity index (χ4v) is 3.79. The predicted molar refractivity (Wildman–Crippen MR) is 91.5 cm³/mol. The third-order valence-electron chi connectivity index (χ3n) is 5.16. The van der Waals surface area contributed by atoms with Gasteiger partial charge in [-0.05, 0) is 57.7 Å². The minimum absolute atomic E-state index is 0.576. The number of piperidine rings is 1. The molecule has 0 N–H and O–H groups in total. The van der Waals surface area contributed by atoms with Gasteiger partial charge in [0.05, 0.1) is 5.69 Å². The lowest BCUT2D eigenvalue weighted by Crippen LogP contribution is -2.37. The van der Waals surface area contributed by atoms with Crippen molar-refractivity contribution in [3.05, 3.63) is 47.3 Å². The molecule has 2 aliphatic rings. The van der Waals surface area contributed by atoms with Crippen molar-refractivity contribution in [1.82, 2.24) is 19.4 Å². The van der Waals surface area contributed by atoms with E-state index in [4.69, 9.17) is 4.98 Å². The zero-order valence-electron chi connectivity index (χ0n) is 14.2. The van der Waals surface area contributed by atoms with Gasteiger partial charge in [-0.25, -0.2) is 4.98 Å². The van der Waals surface area contributed by atoms with E-state index in [1.165, 1.54) is 55.0 Å². The highest BCUT2D eigenvalue weighted by Gasteiger charge is 2.32. The lowest BCUT2D eigenvalue weighted by atomic mass is 10.0. The topological polar surface area (TPSA) is 34.0 Å². The van der Waals surface area contributed by atoms with Crippen LogP contribution in [0.15, 0.2) is 24.5 Å². The van der Waals surface area contributed by atoms with Gasteiger partial charge in [-0.15, -0.1) is 0 Å². The molecule has 1 unspecified atom stereocenters. The lowest BCUT2D eigenvalue weighted by molar-refractivity contribution is 0.165. The van der Waals surface area contributed by atoms with E-state index in [-0.39, 0.29) is 0 Å². The van der Waals surface area contributed by atoms with Crippen LogP contribution in [0.25, 0.3) is 0 Å². The SMILES string of the molecule is Cc1ccc(CN2CCCC(n3c(C)cnc3C3CC3)C2)nc1. The van der Waals surface area contributed by atoms with Gasteiger partial charge in [-0.2, -0.15) is 0 Å². The Morgan fingerprint density at radius 1 is 1.09 bits per heavy atom. The number of hydrogen-bond acceptors (Lipinski definition) is 3. The normalized spacial score (nSPS) is 22.4. The molecule has 4 rings (SSSR count). The fourth-order valence-electron chi connectivity index (χ4n) is 3.79. The number of hydrogen-bond donors (Lipinski definition) is 0. The van der Waals surface area contributed by atoms with E-state index in [0.717, 1.165) is 19.0 Å². The molecule has 0 amide bonds. The molecule has 1 saturated carbocycles. The maximum atomic E-state index is 4.70. The van der Waals surface area contributed by atoms with Crippen molar-refractivity contribution in [2.24, 2.45) is 0 Å². The molecule has 0 bridgehead atoms. The van der Waals surface area contributed by atoms with Crippen molar-refractivity contribution >= 4 is 0 Å². The van der Waals surface area contributed by atoms with Crippen molar-refractivity contribution < 1.29 is 0 Å². The Balaban J connectivity index is 1.49. The number of rotatable bonds is 4. The van der Waals surface area contributed by atoms with E-state index in [1.807, 2.05) is 6.20 Å². The third kappa shape index (κ3) is 3.18. The third-order valence-corrected chi connectivity index (χ3v) is 5.16. The molecule has 2 aromatic heterocycles. The first-order valence-corrected chi connectivity index (χ1v) is 8.88. The van der Waals surface area contributed by atoms with Gasteiger partial charge in [0.1, 0.15) is 5.82 Å². The van der Waals surface area contributed by atoms with Crippen molar-refractivity contribution in [2.75, 3.05) is 13.1 Å². The molecule has 0 aromatic carbocycles. The molecule has 23 heavy (non-hydrogen) atoms. The van der Waals surface area contributed by atoms with Crippen LogP contribution in [0.3, 0.4) is 0 Å². The van der Waals surface area contributed by atoms with Gasteiger partial charge >= 0.3 is 0 Å². The molecule has 1 atom stereocenters. The minimum atomic E-state index is 0.576. The highest BCUT2D eigenvalue weighted by atomic mass is 15.2. The Bertz CT molecular complexity index is 669. The van der Waals surface area contributed by atoms with Crippen LogP contribution < -0.4 is 0 Å². The summed E-state index contributed by atoms with van der Waals surface area (Å²) in [5.74, 6) is 2.06. The number of pyridine rings is 1. The van der Waals surface area contributed by atoms with Gasteiger partial charge < -0.3 is 4.57 Å². The molecule has 1 aliphatic heterocycles. The van der Waals surface area contributed by atoms with Crippen LogP contribution >= 0.6 is 0 Å². The van der Waals surface area contributed by atoms with Crippen LogP contribution in [0, 0.1) is 13.8 Å². The summed E-state index contributed by atoms with van der Waals surface area (Å²) < 4.78 is 2.53. The molecular weight excluding hydrogens is 284 g/mol. The molecule has 4 heteroatoms. The largest absolute Gasteiger partial charge is 0.328 e. The molecule has 2 fully saturated rings. The zero-order valence-corrected chi connectivity index (χ0v) is 14.2. The number of nitrogens with zero attached hydrogens (tertiary/aromatic N) is 4. The number of likely N-dealkylation sites (tertiary alicyclic amines) is 1. The summed E-state index contributed by atoms with van der Waals surface area (Å²) in [5.41, 5.74) is 3.74. The summed E-state index contributed by atoms with van der Waals surface area (Å²) in [4.78, 5) is 11.8. The minimum Gasteiger partial charge on any atom is -0.328 e. The van der Waals surface area contributed by atoms with Gasteiger partial charge in [0.25, 0.3) is 0 Å². The van der Waals surface area contributed by atoms with Crippen molar-refractivity contribution in [2.45, 2.75) is 58.0 Å². The van der Waals surface area contributed by atoms with Crippen LogP contribution in [-0.2, 0) is 6.54 Å². The first kappa shape index (κ1) is 14.9. The monoisotopic (exact) mass is 310 g/mol. The molecule has 0 spiro atoms. The maximum absolute atomic E-state index is 4.70. The molecule has 1 saturated heterocycles. The highest BCUT2D eigenvalue weighted by molar-refractivity contribution is 5.15. The summed E-state index contributed by atoms with van der Waals surface area (Å²) in [6, 6.07) is 4.90. The first-order valence-electron chi connectivity index (χ1n) is 8.88. The van der Waals surface area contributed by atoms with E-state index in [9.17, 15) is 0 Å². The number of imidazole rings is 1. The fraction of sp³-hybridized carbons (Fsp3) is 0.579. The van der Waals surface area contributed by atoms with E-state index < -0.39 is 0 Å². The molecule has 4 nitrogen and oxygen atoms in total. The van der Waals surface area contributed by atoms with E-state index in [2.05, 4.69) is 46.6 Å². The van der Waals surface area contributed by atoms with E-state index in [1.54, 1.807) is 0 Å². The van der Waals surface area contributed by atoms with Gasteiger partial charge in [0, 0.05) is 43.1 Å². The van der Waals surface area contributed by atoms with Crippen molar-refractivity contribution in [3.63, 3.8) is 0 Å². The Kier molecular flexibility index (Phi) is 3.93. The second-order valence-corrected chi connectivity index (χ2v) is 7.26. The van der Waals surface area contributed by atoms with Gasteiger partial charge in [0.2, 0.25) is 0 Å². The molecule has 2 aromatic rings. The van der Waals surface area contributed by atoms with Crippen LogP contribution in [0.1, 0.15) is 60.4 Å². The molecule has 3 heterocycles. The average Bonchev–Trinajstić information content (AvgIpc) is 3.32. The highest BCUT2D eigenvalue weighted by Crippen LogP contribution is 2.41. The Labute approximate surface area is 138 Å². The van der Waals surface area contributed by atoms with Gasteiger partial charge in [-0.1, -0.05) is 6.07 Å². The predicted octanol–water partition coefficient (Wildman–Crippen LogP) is 3.61. The van der Waals surface area contributed by atoms with Crippen molar-refractivity contribution in [1.29, 1.82) is 0 Å². The summed E-state index contributed by atoms with van der Waals surface area (Å²) in [6.45, 7) is 7.56. The van der Waals surface area contributed by atoms with Crippen LogP contribution in [0.4, 0.5) is 0 Å². The van der Waals surface area contributed by atoms with Crippen LogP contribution in [-0.4, -0.2) is 32.5 Å². The van der Waals surface area contributed by atoms with Crippen molar-refractivity contribution in [3.8, 4) is 0 Å². The first-order chi connectivity index (χ1) is 11.2. The van der Waals surface area contributed by atoms with E-state index in [0.29, 0.717) is 6.04 Å². The second-order valence-electron chi connectivity index (χ2n) is 7.26. The molecular formula is C19H26N4. The van der Waals surface area contributed by atoms with Crippen LogP contribution in [0.2, 0.25) is 0 Å². The molecule has 122 valence electrons. The Morgan fingerprint density at radius 3 is 2.70 bits per heavy atom. The average molecular weight is 310 g/mol. The van der Waals surface area contributed by atoms with E-state index >= 15 is 0 Å². The summed E-state index contributed by atoms with van der Waals surface area (Å²) in [7, 11) is 0. The van der Waals surface area contributed by atoms with Gasteiger partial charge in [0.15, 0.2) is 0 Å². The Morgan fingerprint density at radius 2 is 1.96 bits per heavy atom. The standard InChI is InChI=1S/C19H26N4/c1-14-5-8-17(20-10-14)12-22-9-3-4-18(13-22)23-15(2)11-21-19(23)16-6-7-16/h5,8,10-11,16,18H,3-4,6-7,9,12-13H2,1-2H3. The smallest absolute Gasteiger partial charge is 0.112 e. The summed E-state index contributed by atoms with van der Waals surface area (Å²) in [5, 5.41) is 0. The molecule has 1 aliphatic carbocycles. The molecule has 0 radical (unpaired) electrons.